The Balaban J connectivity index is 1.82. The molecule has 0 aliphatic heterocycles. The predicted octanol–water partition coefficient (Wildman–Crippen LogP) is 3.37. The van der Waals surface area contributed by atoms with Gasteiger partial charge in [0.1, 0.15) is 4.33 Å². The van der Waals surface area contributed by atoms with E-state index in [0.29, 0.717) is 5.92 Å². The number of pyridine rings is 1. The molecule has 1 aliphatic rings. The summed E-state index contributed by atoms with van der Waals surface area (Å²) >= 11 is 13.5. The zero-order chi connectivity index (χ0) is 9.31. The van der Waals surface area contributed by atoms with Gasteiger partial charge in [-0.05, 0) is 18.6 Å². The highest BCUT2D eigenvalue weighted by Crippen LogP contribution is 2.54. The molecule has 1 nitrogen and oxygen atoms in total. The van der Waals surface area contributed by atoms with Gasteiger partial charge in [0, 0.05) is 17.9 Å². The SMILES string of the molecule is ClC1(Cl)CC1CSc1ccccn1. The largest absolute Gasteiger partial charge is 0.250 e. The Labute approximate surface area is 91.8 Å². The maximum atomic E-state index is 5.91. The van der Waals surface area contributed by atoms with Gasteiger partial charge in [-0.15, -0.1) is 35.0 Å². The predicted molar refractivity (Wildman–Crippen MR) is 57.5 cm³/mol. The number of halogens is 2. The van der Waals surface area contributed by atoms with Crippen molar-refractivity contribution in [1.82, 2.24) is 4.98 Å². The summed E-state index contributed by atoms with van der Waals surface area (Å²) in [5.74, 6) is 1.40. The third-order valence-corrected chi connectivity index (χ3v) is 4.06. The summed E-state index contributed by atoms with van der Waals surface area (Å²) in [7, 11) is 0. The standard InChI is InChI=1S/C9H9Cl2NS/c10-9(11)5-7(9)6-13-8-3-1-2-4-12-8/h1-4,7H,5-6H2. The van der Waals surface area contributed by atoms with Crippen LogP contribution in [0.3, 0.4) is 0 Å². The Bertz CT molecular complexity index is 289. The molecule has 0 N–H and O–H groups in total. The van der Waals surface area contributed by atoms with Crippen molar-refractivity contribution in [3.8, 4) is 0 Å². The van der Waals surface area contributed by atoms with Crippen molar-refractivity contribution in [2.24, 2.45) is 5.92 Å². The number of aromatic nitrogens is 1. The molecule has 1 aromatic heterocycles. The Morgan fingerprint density at radius 1 is 1.54 bits per heavy atom. The molecule has 1 aromatic rings. The average Bonchev–Trinajstić information content (AvgIpc) is 2.73. The lowest BCUT2D eigenvalue weighted by Crippen LogP contribution is -1.93. The number of hydrogen-bond donors (Lipinski definition) is 0. The van der Waals surface area contributed by atoms with Crippen LogP contribution in [0.5, 0.6) is 0 Å². The second-order valence-corrected chi connectivity index (χ2v) is 5.72. The first kappa shape index (κ1) is 9.63. The van der Waals surface area contributed by atoms with Crippen molar-refractivity contribution in [1.29, 1.82) is 0 Å². The molecule has 13 heavy (non-hydrogen) atoms. The van der Waals surface area contributed by atoms with Gasteiger partial charge >= 0.3 is 0 Å². The van der Waals surface area contributed by atoms with E-state index in [0.717, 1.165) is 17.2 Å². The fraction of sp³-hybridized carbons (Fsp3) is 0.444. The van der Waals surface area contributed by atoms with Gasteiger partial charge in [0.25, 0.3) is 0 Å². The summed E-state index contributed by atoms with van der Waals surface area (Å²) < 4.78 is -0.457. The van der Waals surface area contributed by atoms with Crippen LogP contribution in [0, 0.1) is 5.92 Å². The minimum absolute atomic E-state index is 0.433. The van der Waals surface area contributed by atoms with Crippen molar-refractivity contribution in [3.63, 3.8) is 0 Å². The van der Waals surface area contributed by atoms with E-state index >= 15 is 0 Å². The topological polar surface area (TPSA) is 12.9 Å². The second kappa shape index (κ2) is 3.68. The van der Waals surface area contributed by atoms with Gasteiger partial charge < -0.3 is 0 Å². The third kappa shape index (κ3) is 2.52. The molecule has 0 saturated heterocycles. The van der Waals surface area contributed by atoms with Crippen LogP contribution >= 0.6 is 35.0 Å². The molecule has 1 aliphatic carbocycles. The monoisotopic (exact) mass is 233 g/mol. The van der Waals surface area contributed by atoms with Gasteiger partial charge in [-0.3, -0.25) is 0 Å². The maximum Gasteiger partial charge on any atom is 0.122 e. The van der Waals surface area contributed by atoms with Gasteiger partial charge in [0.15, 0.2) is 0 Å². The lowest BCUT2D eigenvalue weighted by molar-refractivity contribution is 0.974. The molecule has 0 bridgehead atoms. The van der Waals surface area contributed by atoms with Crippen LogP contribution in [0.1, 0.15) is 6.42 Å². The summed E-state index contributed by atoms with van der Waals surface area (Å²) in [5.41, 5.74) is 0. The van der Waals surface area contributed by atoms with E-state index in [4.69, 9.17) is 23.2 Å². The van der Waals surface area contributed by atoms with E-state index in [-0.39, 0.29) is 0 Å². The number of hydrogen-bond acceptors (Lipinski definition) is 2. The minimum Gasteiger partial charge on any atom is -0.250 e. The Kier molecular flexibility index (Phi) is 2.72. The second-order valence-electron chi connectivity index (χ2n) is 3.14. The Morgan fingerprint density at radius 3 is 2.85 bits per heavy atom. The molecule has 1 atom stereocenters. The van der Waals surface area contributed by atoms with Gasteiger partial charge in [-0.25, -0.2) is 4.98 Å². The lowest BCUT2D eigenvalue weighted by atomic mass is 10.5. The zero-order valence-corrected chi connectivity index (χ0v) is 9.24. The zero-order valence-electron chi connectivity index (χ0n) is 6.91. The van der Waals surface area contributed by atoms with Crippen molar-refractivity contribution in [2.45, 2.75) is 15.8 Å². The molecular formula is C9H9Cl2NS. The van der Waals surface area contributed by atoms with Crippen LogP contribution in [0.2, 0.25) is 0 Å². The highest BCUT2D eigenvalue weighted by Gasteiger charge is 2.51. The fourth-order valence-electron chi connectivity index (χ4n) is 1.07. The molecule has 4 heteroatoms. The third-order valence-electron chi connectivity index (χ3n) is 2.03. The molecule has 0 spiro atoms. The highest BCUT2D eigenvalue weighted by molar-refractivity contribution is 7.99. The molecule has 0 aromatic carbocycles. The molecule has 0 radical (unpaired) electrons. The van der Waals surface area contributed by atoms with Gasteiger partial charge in [-0.1, -0.05) is 6.07 Å². The highest BCUT2D eigenvalue weighted by atomic mass is 35.5. The van der Waals surface area contributed by atoms with Crippen LogP contribution in [0.4, 0.5) is 0 Å². The summed E-state index contributed by atoms with van der Waals surface area (Å²) in [4.78, 5) is 4.20. The number of alkyl halides is 2. The van der Waals surface area contributed by atoms with Gasteiger partial charge in [0.2, 0.25) is 0 Å². The molecule has 1 fully saturated rings. The van der Waals surface area contributed by atoms with Crippen molar-refractivity contribution < 1.29 is 0 Å². The van der Waals surface area contributed by atoms with Crippen LogP contribution in [-0.2, 0) is 0 Å². The van der Waals surface area contributed by atoms with E-state index in [1.54, 1.807) is 18.0 Å². The van der Waals surface area contributed by atoms with E-state index in [1.807, 2.05) is 18.2 Å². The molecular weight excluding hydrogens is 225 g/mol. The maximum absolute atomic E-state index is 5.91. The van der Waals surface area contributed by atoms with Crippen LogP contribution in [-0.4, -0.2) is 15.1 Å². The first-order chi connectivity index (χ1) is 6.18. The van der Waals surface area contributed by atoms with Gasteiger partial charge in [-0.2, -0.15) is 0 Å². The number of nitrogens with zero attached hydrogens (tertiary/aromatic N) is 1. The van der Waals surface area contributed by atoms with Gasteiger partial charge in [0.05, 0.1) is 5.03 Å². The van der Waals surface area contributed by atoms with Crippen LogP contribution < -0.4 is 0 Å². The summed E-state index contributed by atoms with van der Waals surface area (Å²) in [6.45, 7) is 0. The number of rotatable bonds is 3. The van der Waals surface area contributed by atoms with E-state index in [9.17, 15) is 0 Å². The first-order valence-electron chi connectivity index (χ1n) is 4.10. The molecule has 2 rings (SSSR count). The quantitative estimate of drug-likeness (QED) is 0.587. The summed E-state index contributed by atoms with van der Waals surface area (Å²) in [6, 6.07) is 5.89. The first-order valence-corrected chi connectivity index (χ1v) is 5.84. The normalized spacial score (nSPS) is 24.3. The molecule has 1 heterocycles. The summed E-state index contributed by atoms with van der Waals surface area (Å²) in [5, 5.41) is 1.04. The van der Waals surface area contributed by atoms with E-state index < -0.39 is 4.33 Å². The van der Waals surface area contributed by atoms with Crippen LogP contribution in [0.25, 0.3) is 0 Å². The van der Waals surface area contributed by atoms with Crippen molar-refractivity contribution >= 4 is 35.0 Å². The molecule has 70 valence electrons. The lowest BCUT2D eigenvalue weighted by Gasteiger charge is -1.99. The molecule has 1 saturated carbocycles. The average molecular weight is 234 g/mol. The van der Waals surface area contributed by atoms with E-state index in [1.165, 1.54) is 0 Å². The fourth-order valence-corrected chi connectivity index (χ4v) is 2.86. The van der Waals surface area contributed by atoms with Crippen molar-refractivity contribution in [3.05, 3.63) is 24.4 Å². The smallest absolute Gasteiger partial charge is 0.122 e. The van der Waals surface area contributed by atoms with Crippen molar-refractivity contribution in [2.75, 3.05) is 5.75 Å². The molecule has 0 amide bonds. The number of thioether (sulfide) groups is 1. The minimum atomic E-state index is -0.457. The molecule has 1 unspecified atom stereocenters. The Hall–Kier alpha value is 0.0800. The Morgan fingerprint density at radius 2 is 2.31 bits per heavy atom. The van der Waals surface area contributed by atoms with E-state index in [2.05, 4.69) is 4.98 Å². The summed E-state index contributed by atoms with van der Waals surface area (Å²) in [6.07, 6.45) is 2.71. The van der Waals surface area contributed by atoms with Crippen LogP contribution in [0.15, 0.2) is 29.4 Å².